The summed E-state index contributed by atoms with van der Waals surface area (Å²) < 4.78 is 0.846. The number of carbonyl (C=O) groups is 1. The molecule has 0 spiro atoms. The minimum atomic E-state index is 0.129. The van der Waals surface area contributed by atoms with Crippen molar-refractivity contribution in [3.05, 3.63) is 69.2 Å². The number of thioether (sulfide) groups is 1. The maximum atomic E-state index is 12.1. The van der Waals surface area contributed by atoms with Gasteiger partial charge in [0.25, 0.3) is 0 Å². The molecule has 0 saturated heterocycles. The average molecular weight is 356 g/mol. The van der Waals surface area contributed by atoms with Crippen molar-refractivity contribution in [1.29, 1.82) is 0 Å². The molecular formula is C15H12BrClOS. The molecule has 2 aromatic carbocycles. The molecule has 2 aromatic rings. The zero-order valence-corrected chi connectivity index (χ0v) is 13.3. The van der Waals surface area contributed by atoms with Crippen LogP contribution in [0.5, 0.6) is 0 Å². The Kier molecular flexibility index (Phi) is 5.49. The first-order valence-corrected chi connectivity index (χ1v) is 8.10. The molecule has 0 heterocycles. The Morgan fingerprint density at radius 2 is 1.79 bits per heavy atom. The van der Waals surface area contributed by atoms with Crippen LogP contribution in [0, 0.1) is 0 Å². The van der Waals surface area contributed by atoms with Crippen molar-refractivity contribution < 1.29 is 4.79 Å². The lowest BCUT2D eigenvalue weighted by Crippen LogP contribution is -2.03. The number of hydrogen-bond donors (Lipinski definition) is 0. The highest BCUT2D eigenvalue weighted by Gasteiger charge is 2.09. The lowest BCUT2D eigenvalue weighted by atomic mass is 10.1. The molecule has 98 valence electrons. The number of carbonyl (C=O) groups excluding carboxylic acids is 1. The van der Waals surface area contributed by atoms with Crippen LogP contribution in [0.25, 0.3) is 0 Å². The van der Waals surface area contributed by atoms with Crippen molar-refractivity contribution in [2.45, 2.75) is 5.75 Å². The molecule has 0 fully saturated rings. The minimum Gasteiger partial charge on any atom is -0.293 e. The summed E-state index contributed by atoms with van der Waals surface area (Å²) in [5.74, 6) is 1.33. The number of hydrogen-bond acceptors (Lipinski definition) is 2. The van der Waals surface area contributed by atoms with Crippen LogP contribution in [0.15, 0.2) is 53.0 Å². The van der Waals surface area contributed by atoms with Crippen LogP contribution in [0.4, 0.5) is 0 Å². The third-order valence-electron chi connectivity index (χ3n) is 2.62. The lowest BCUT2D eigenvalue weighted by Gasteiger charge is -2.05. The Balaban J connectivity index is 1.92. The molecule has 0 unspecified atom stereocenters. The highest BCUT2D eigenvalue weighted by molar-refractivity contribution is 9.10. The van der Waals surface area contributed by atoms with E-state index < -0.39 is 0 Å². The summed E-state index contributed by atoms with van der Waals surface area (Å²) in [6.07, 6.45) is 0. The zero-order chi connectivity index (χ0) is 13.7. The minimum absolute atomic E-state index is 0.129. The number of halogens is 2. The summed E-state index contributed by atoms with van der Waals surface area (Å²) in [4.78, 5) is 12.1. The number of Topliss-reactive ketones (excluding diaryl/α,β-unsaturated/α-hetero) is 1. The van der Waals surface area contributed by atoms with Crippen molar-refractivity contribution in [3.8, 4) is 0 Å². The van der Waals surface area contributed by atoms with Crippen molar-refractivity contribution in [1.82, 2.24) is 0 Å². The predicted octanol–water partition coefficient (Wildman–Crippen LogP) is 5.22. The van der Waals surface area contributed by atoms with Crippen LogP contribution in [0.2, 0.25) is 5.02 Å². The van der Waals surface area contributed by atoms with Gasteiger partial charge in [-0.2, -0.15) is 0 Å². The SMILES string of the molecule is O=C(CSCc1ccccc1Cl)c1ccccc1Br. The molecule has 0 aliphatic heterocycles. The van der Waals surface area contributed by atoms with Gasteiger partial charge in [-0.3, -0.25) is 4.79 Å². The van der Waals surface area contributed by atoms with E-state index in [-0.39, 0.29) is 5.78 Å². The second-order valence-corrected chi connectivity index (χ2v) is 6.23. The van der Waals surface area contributed by atoms with Gasteiger partial charge in [-0.25, -0.2) is 0 Å². The lowest BCUT2D eigenvalue weighted by molar-refractivity contribution is 0.102. The largest absolute Gasteiger partial charge is 0.293 e. The molecule has 0 aliphatic carbocycles. The van der Waals surface area contributed by atoms with Crippen molar-refractivity contribution in [3.63, 3.8) is 0 Å². The van der Waals surface area contributed by atoms with Gasteiger partial charge >= 0.3 is 0 Å². The van der Waals surface area contributed by atoms with E-state index in [4.69, 9.17) is 11.6 Å². The van der Waals surface area contributed by atoms with Gasteiger partial charge in [0, 0.05) is 20.8 Å². The predicted molar refractivity (Wildman–Crippen MR) is 86.1 cm³/mol. The maximum absolute atomic E-state index is 12.1. The van der Waals surface area contributed by atoms with Gasteiger partial charge in [-0.1, -0.05) is 63.9 Å². The van der Waals surface area contributed by atoms with Gasteiger partial charge in [0.2, 0.25) is 0 Å². The maximum Gasteiger partial charge on any atom is 0.173 e. The topological polar surface area (TPSA) is 17.1 Å². The Hall–Kier alpha value is -0.770. The molecular weight excluding hydrogens is 344 g/mol. The van der Waals surface area contributed by atoms with E-state index in [0.717, 1.165) is 26.4 Å². The Morgan fingerprint density at radius 3 is 2.53 bits per heavy atom. The van der Waals surface area contributed by atoms with E-state index in [2.05, 4.69) is 15.9 Å². The first-order chi connectivity index (χ1) is 9.18. The van der Waals surface area contributed by atoms with E-state index in [1.165, 1.54) is 0 Å². The van der Waals surface area contributed by atoms with Crippen LogP contribution in [0.3, 0.4) is 0 Å². The third-order valence-corrected chi connectivity index (χ3v) is 4.66. The van der Waals surface area contributed by atoms with Gasteiger partial charge in [-0.05, 0) is 17.7 Å². The number of rotatable bonds is 5. The Morgan fingerprint density at radius 1 is 1.11 bits per heavy atom. The van der Waals surface area contributed by atoms with Gasteiger partial charge in [0.1, 0.15) is 0 Å². The summed E-state index contributed by atoms with van der Waals surface area (Å²) in [5, 5.41) is 0.753. The standard InChI is InChI=1S/C15H12BrClOS/c16-13-7-3-2-6-12(13)15(18)10-19-9-11-5-1-4-8-14(11)17/h1-8H,9-10H2. The fourth-order valence-electron chi connectivity index (χ4n) is 1.63. The summed E-state index contributed by atoms with van der Waals surface area (Å²) in [5.41, 5.74) is 1.79. The second-order valence-electron chi connectivity index (χ2n) is 3.99. The molecule has 0 atom stereocenters. The fourth-order valence-corrected chi connectivity index (χ4v) is 3.34. The van der Waals surface area contributed by atoms with Crippen LogP contribution >= 0.6 is 39.3 Å². The normalized spacial score (nSPS) is 10.4. The molecule has 0 bridgehead atoms. The molecule has 0 N–H and O–H groups in total. The van der Waals surface area contributed by atoms with Crippen molar-refractivity contribution in [2.24, 2.45) is 0 Å². The monoisotopic (exact) mass is 354 g/mol. The fraction of sp³-hybridized carbons (Fsp3) is 0.133. The zero-order valence-electron chi connectivity index (χ0n) is 10.1. The van der Waals surface area contributed by atoms with Gasteiger partial charge in [0.05, 0.1) is 5.75 Å². The molecule has 0 aliphatic rings. The molecule has 0 amide bonds. The van der Waals surface area contributed by atoms with Crippen LogP contribution in [-0.4, -0.2) is 11.5 Å². The highest BCUT2D eigenvalue weighted by Crippen LogP contribution is 2.23. The van der Waals surface area contributed by atoms with Crippen molar-refractivity contribution >= 4 is 45.1 Å². The molecule has 19 heavy (non-hydrogen) atoms. The molecule has 4 heteroatoms. The average Bonchev–Trinajstić information content (AvgIpc) is 2.41. The number of ketones is 1. The molecule has 1 nitrogen and oxygen atoms in total. The highest BCUT2D eigenvalue weighted by atomic mass is 79.9. The summed E-state index contributed by atoms with van der Waals surface area (Å²) >= 11 is 11.0. The summed E-state index contributed by atoms with van der Waals surface area (Å²) in [6.45, 7) is 0. The first kappa shape index (κ1) is 14.6. The van der Waals surface area contributed by atoms with E-state index in [1.807, 2.05) is 48.5 Å². The first-order valence-electron chi connectivity index (χ1n) is 5.77. The quantitative estimate of drug-likeness (QED) is 0.684. The van der Waals surface area contributed by atoms with Gasteiger partial charge in [0.15, 0.2) is 5.78 Å². The van der Waals surface area contributed by atoms with E-state index in [1.54, 1.807) is 11.8 Å². The molecule has 0 saturated carbocycles. The van der Waals surface area contributed by atoms with Gasteiger partial charge < -0.3 is 0 Å². The molecule has 2 rings (SSSR count). The van der Waals surface area contributed by atoms with Crippen LogP contribution < -0.4 is 0 Å². The van der Waals surface area contributed by atoms with E-state index >= 15 is 0 Å². The number of benzene rings is 2. The van der Waals surface area contributed by atoms with Gasteiger partial charge in [-0.15, -0.1) is 11.8 Å². The Bertz CT molecular complexity index is 586. The van der Waals surface area contributed by atoms with E-state index in [9.17, 15) is 4.79 Å². The van der Waals surface area contributed by atoms with E-state index in [0.29, 0.717) is 5.75 Å². The summed E-state index contributed by atoms with van der Waals surface area (Å²) in [6, 6.07) is 15.2. The van der Waals surface area contributed by atoms with Crippen LogP contribution in [0.1, 0.15) is 15.9 Å². The Labute approximate surface area is 130 Å². The smallest absolute Gasteiger partial charge is 0.173 e. The second kappa shape index (κ2) is 7.13. The van der Waals surface area contributed by atoms with Crippen molar-refractivity contribution in [2.75, 3.05) is 5.75 Å². The molecule has 0 radical (unpaired) electrons. The third kappa shape index (κ3) is 4.10. The molecule has 0 aromatic heterocycles. The summed E-state index contributed by atoms with van der Waals surface area (Å²) in [7, 11) is 0. The van der Waals surface area contributed by atoms with Crippen LogP contribution in [-0.2, 0) is 5.75 Å².